The molecule has 7 heteroatoms. The highest BCUT2D eigenvalue weighted by molar-refractivity contribution is 7.99. The van der Waals surface area contributed by atoms with Crippen molar-refractivity contribution in [2.24, 2.45) is 5.73 Å². The molecule has 0 saturated carbocycles. The van der Waals surface area contributed by atoms with Gasteiger partial charge >= 0.3 is 0 Å². The van der Waals surface area contributed by atoms with E-state index in [-0.39, 0.29) is 6.04 Å². The average molecular weight is 275 g/mol. The molecule has 1 aromatic heterocycles. The van der Waals surface area contributed by atoms with Crippen LogP contribution in [0.5, 0.6) is 0 Å². The van der Waals surface area contributed by atoms with Crippen LogP contribution in [0.25, 0.3) is 0 Å². The van der Waals surface area contributed by atoms with Crippen LogP contribution >= 0.6 is 23.1 Å². The van der Waals surface area contributed by atoms with Crippen molar-refractivity contribution >= 4 is 39.7 Å². The summed E-state index contributed by atoms with van der Waals surface area (Å²) in [6.45, 7) is 2.57. The van der Waals surface area contributed by atoms with Gasteiger partial charge in [0.15, 0.2) is 0 Å². The van der Waals surface area contributed by atoms with Gasteiger partial charge in [-0.25, -0.2) is 0 Å². The zero-order valence-electron chi connectivity index (χ0n) is 10.1. The molecule has 0 fully saturated rings. The molecule has 1 unspecified atom stereocenters. The molecule has 17 heavy (non-hydrogen) atoms. The number of thioether (sulfide) groups is 1. The van der Waals surface area contributed by atoms with Crippen LogP contribution in [0.15, 0.2) is 4.90 Å². The lowest BCUT2D eigenvalue weighted by Gasteiger charge is -2.13. The maximum atomic E-state index is 11.2. The average Bonchev–Trinajstić information content (AvgIpc) is 2.55. The van der Waals surface area contributed by atoms with Gasteiger partial charge in [-0.15, -0.1) is 23.1 Å². The van der Waals surface area contributed by atoms with Gasteiger partial charge in [-0.2, -0.15) is 0 Å². The van der Waals surface area contributed by atoms with E-state index in [1.165, 1.54) is 23.1 Å². The van der Waals surface area contributed by atoms with Crippen molar-refractivity contribution in [1.29, 1.82) is 0 Å². The molecule has 0 aromatic carbocycles. The predicted octanol–water partition coefficient (Wildman–Crippen LogP) is 1.60. The van der Waals surface area contributed by atoms with Crippen LogP contribution in [-0.2, 0) is 4.74 Å². The second kappa shape index (κ2) is 6.13. The number of hydrogen-bond acceptors (Lipinski definition) is 6. The lowest BCUT2D eigenvalue weighted by Crippen LogP contribution is -2.20. The Bertz CT molecular complexity index is 407. The number of hydrogen-bond donors (Lipinski definition) is 3. The summed E-state index contributed by atoms with van der Waals surface area (Å²) in [7, 11) is 1.64. The summed E-state index contributed by atoms with van der Waals surface area (Å²) in [6, 6.07) is 0.143. The lowest BCUT2D eigenvalue weighted by atomic mass is 10.3. The quantitative estimate of drug-likeness (QED) is 0.686. The number of nitrogens with two attached hydrogens (primary N) is 2. The molecule has 0 bridgehead atoms. The van der Waals surface area contributed by atoms with Crippen LogP contribution < -0.4 is 16.8 Å². The van der Waals surface area contributed by atoms with E-state index in [1.54, 1.807) is 7.11 Å². The Morgan fingerprint density at radius 3 is 2.76 bits per heavy atom. The van der Waals surface area contributed by atoms with Crippen molar-refractivity contribution in [3.8, 4) is 0 Å². The van der Waals surface area contributed by atoms with Gasteiger partial charge in [-0.3, -0.25) is 4.79 Å². The fourth-order valence-electron chi connectivity index (χ4n) is 1.42. The molecule has 1 amide bonds. The summed E-state index contributed by atoms with van der Waals surface area (Å²) in [5.41, 5.74) is 11.6. The van der Waals surface area contributed by atoms with E-state index in [9.17, 15) is 4.79 Å². The summed E-state index contributed by atoms with van der Waals surface area (Å²) in [5.74, 6) is -0.491. The Morgan fingerprint density at radius 2 is 2.29 bits per heavy atom. The normalized spacial score (nSPS) is 12.4. The molecule has 0 radical (unpaired) electrons. The molecule has 1 rings (SSSR count). The van der Waals surface area contributed by atoms with Crippen molar-refractivity contribution < 1.29 is 9.53 Å². The van der Waals surface area contributed by atoms with Crippen LogP contribution in [0.1, 0.15) is 16.6 Å². The monoisotopic (exact) mass is 275 g/mol. The van der Waals surface area contributed by atoms with Gasteiger partial charge in [0.2, 0.25) is 0 Å². The van der Waals surface area contributed by atoms with Gasteiger partial charge in [0.05, 0.1) is 17.2 Å². The second-order valence-electron chi connectivity index (χ2n) is 3.57. The number of primary amides is 1. The number of nitrogens with one attached hydrogen (secondary N) is 1. The fraction of sp³-hybridized carbons (Fsp3) is 0.500. The number of thiophene rings is 1. The van der Waals surface area contributed by atoms with E-state index in [1.807, 2.05) is 13.2 Å². The van der Waals surface area contributed by atoms with Crippen molar-refractivity contribution in [2.75, 3.05) is 31.0 Å². The summed E-state index contributed by atoms with van der Waals surface area (Å²) >= 11 is 2.78. The van der Waals surface area contributed by atoms with Gasteiger partial charge in [-0.05, 0) is 13.2 Å². The van der Waals surface area contributed by atoms with Gasteiger partial charge in [0.25, 0.3) is 5.91 Å². The zero-order chi connectivity index (χ0) is 13.0. The molecule has 1 aromatic rings. The molecule has 0 aliphatic heterocycles. The number of anilines is 2. The van der Waals surface area contributed by atoms with Gasteiger partial charge in [-0.1, -0.05) is 0 Å². The Labute approximate surface area is 109 Å². The first kappa shape index (κ1) is 14.1. The largest absolute Gasteiger partial charge is 0.396 e. The SMILES string of the molecule is COCC(C)Nc1sc(C(N)=O)c(N)c1SC. The number of rotatable bonds is 6. The van der Waals surface area contributed by atoms with Crippen LogP contribution in [0, 0.1) is 0 Å². The maximum absolute atomic E-state index is 11.2. The number of carbonyl (C=O) groups is 1. The molecule has 1 heterocycles. The highest BCUT2D eigenvalue weighted by atomic mass is 32.2. The van der Waals surface area contributed by atoms with E-state index in [4.69, 9.17) is 16.2 Å². The van der Waals surface area contributed by atoms with E-state index < -0.39 is 5.91 Å². The molecular weight excluding hydrogens is 258 g/mol. The predicted molar refractivity (Wildman–Crippen MR) is 74.0 cm³/mol. The molecular formula is C10H17N3O2S2. The Kier molecular flexibility index (Phi) is 5.10. The third kappa shape index (κ3) is 3.27. The molecule has 0 aliphatic rings. The first-order valence-electron chi connectivity index (χ1n) is 5.02. The molecule has 0 aliphatic carbocycles. The summed E-state index contributed by atoms with van der Waals surface area (Å²) in [5, 5.41) is 4.13. The van der Waals surface area contributed by atoms with Crippen LogP contribution in [0.4, 0.5) is 10.7 Å². The third-order valence-electron chi connectivity index (χ3n) is 2.12. The number of nitrogen functional groups attached to an aromatic ring is 1. The minimum absolute atomic E-state index is 0.143. The smallest absolute Gasteiger partial charge is 0.261 e. The molecule has 5 N–H and O–H groups in total. The number of ether oxygens (including phenoxy) is 1. The lowest BCUT2D eigenvalue weighted by molar-refractivity contribution is 0.100. The Morgan fingerprint density at radius 1 is 1.65 bits per heavy atom. The molecule has 96 valence electrons. The third-order valence-corrected chi connectivity index (χ3v) is 4.23. The topological polar surface area (TPSA) is 90.4 Å². The van der Waals surface area contributed by atoms with E-state index in [0.717, 1.165) is 9.90 Å². The van der Waals surface area contributed by atoms with Crippen molar-refractivity contribution in [2.45, 2.75) is 17.9 Å². The highest BCUT2D eigenvalue weighted by Gasteiger charge is 2.19. The Hall–Kier alpha value is -0.920. The van der Waals surface area contributed by atoms with E-state index in [0.29, 0.717) is 17.2 Å². The Balaban J connectivity index is 2.98. The minimum Gasteiger partial charge on any atom is -0.396 e. The highest BCUT2D eigenvalue weighted by Crippen LogP contribution is 2.41. The van der Waals surface area contributed by atoms with Gasteiger partial charge < -0.3 is 21.5 Å². The molecule has 0 saturated heterocycles. The standard InChI is InChI=1S/C10H17N3O2S2/c1-5(4-15-2)13-10-8(16-3)6(11)7(17-10)9(12)14/h5,13H,4,11H2,1-3H3,(H2,12,14). The first-order valence-corrected chi connectivity index (χ1v) is 7.06. The van der Waals surface area contributed by atoms with Crippen molar-refractivity contribution in [1.82, 2.24) is 0 Å². The van der Waals surface area contributed by atoms with Gasteiger partial charge in [0.1, 0.15) is 9.88 Å². The number of carbonyl (C=O) groups excluding carboxylic acids is 1. The van der Waals surface area contributed by atoms with E-state index >= 15 is 0 Å². The number of methoxy groups -OCH3 is 1. The van der Waals surface area contributed by atoms with Crippen LogP contribution in [0.2, 0.25) is 0 Å². The summed E-state index contributed by atoms with van der Waals surface area (Å²) in [4.78, 5) is 12.5. The second-order valence-corrected chi connectivity index (χ2v) is 5.41. The molecule has 1 atom stereocenters. The number of amides is 1. The fourth-order valence-corrected chi connectivity index (χ4v) is 3.41. The van der Waals surface area contributed by atoms with Crippen molar-refractivity contribution in [3.05, 3.63) is 4.88 Å². The first-order chi connectivity index (χ1) is 8.01. The summed E-state index contributed by atoms with van der Waals surface area (Å²) in [6.07, 6.45) is 1.91. The van der Waals surface area contributed by atoms with Gasteiger partial charge in [0, 0.05) is 13.2 Å². The minimum atomic E-state index is -0.491. The van der Waals surface area contributed by atoms with Crippen molar-refractivity contribution in [3.63, 3.8) is 0 Å². The maximum Gasteiger partial charge on any atom is 0.261 e. The van der Waals surface area contributed by atoms with Crippen LogP contribution in [0.3, 0.4) is 0 Å². The van der Waals surface area contributed by atoms with E-state index in [2.05, 4.69) is 5.32 Å². The molecule has 5 nitrogen and oxygen atoms in total. The summed E-state index contributed by atoms with van der Waals surface area (Å²) < 4.78 is 5.05. The van der Waals surface area contributed by atoms with Crippen LogP contribution in [-0.4, -0.2) is 31.9 Å². The zero-order valence-corrected chi connectivity index (χ0v) is 11.7. The molecule has 0 spiro atoms.